The molecule has 1 aromatic heterocycles. The molecule has 3 heterocycles. The second-order valence-corrected chi connectivity index (χ2v) is 11.8. The van der Waals surface area contributed by atoms with Crippen molar-refractivity contribution in [3.8, 4) is 0 Å². The number of anilines is 2. The van der Waals surface area contributed by atoms with Crippen molar-refractivity contribution in [1.29, 1.82) is 0 Å². The summed E-state index contributed by atoms with van der Waals surface area (Å²) < 4.78 is 31.2. The van der Waals surface area contributed by atoms with Gasteiger partial charge in [0.25, 0.3) is 21.5 Å². The number of benzene rings is 2. The molecular weight excluding hydrogens is 512 g/mol. The number of nitrogens with zero attached hydrogens (tertiary/aromatic N) is 2. The average molecular weight is 541 g/mol. The van der Waals surface area contributed by atoms with Crippen LogP contribution in [0.25, 0.3) is 0 Å². The molecule has 8 nitrogen and oxygen atoms in total. The largest absolute Gasteiger partial charge is 0.369 e. The Labute approximate surface area is 221 Å². The highest BCUT2D eigenvalue weighted by Gasteiger charge is 2.35. The van der Waals surface area contributed by atoms with Crippen LogP contribution in [-0.2, 0) is 16.6 Å². The Morgan fingerprint density at radius 3 is 2.65 bits per heavy atom. The first-order chi connectivity index (χ1) is 17.7. The molecule has 1 saturated heterocycles. The number of fused-ring (bicyclic) bond motifs is 4. The van der Waals surface area contributed by atoms with Gasteiger partial charge in [0, 0.05) is 54.4 Å². The summed E-state index contributed by atoms with van der Waals surface area (Å²) in [5, 5.41) is 3.16. The van der Waals surface area contributed by atoms with Crippen molar-refractivity contribution in [1.82, 2.24) is 9.88 Å². The molecule has 5 rings (SSSR count). The molecular formula is C27H29ClN4O4S. The van der Waals surface area contributed by atoms with Crippen LogP contribution >= 0.6 is 11.6 Å². The van der Waals surface area contributed by atoms with E-state index in [0.29, 0.717) is 48.1 Å². The van der Waals surface area contributed by atoms with Gasteiger partial charge in [-0.2, -0.15) is 0 Å². The highest BCUT2D eigenvalue weighted by Crippen LogP contribution is 2.39. The number of rotatable bonds is 7. The van der Waals surface area contributed by atoms with Crippen molar-refractivity contribution < 1.29 is 13.2 Å². The molecule has 2 atom stereocenters. The zero-order valence-electron chi connectivity index (χ0n) is 20.5. The molecule has 1 amide bonds. The summed E-state index contributed by atoms with van der Waals surface area (Å²) in [4.78, 5) is 27.3. The predicted octanol–water partition coefficient (Wildman–Crippen LogP) is 4.07. The van der Waals surface area contributed by atoms with E-state index in [0.717, 1.165) is 18.5 Å². The first kappa shape index (κ1) is 25.4. The number of aromatic nitrogens is 1. The minimum Gasteiger partial charge on any atom is -0.369 e. The van der Waals surface area contributed by atoms with E-state index < -0.39 is 10.0 Å². The standard InChI is InChI=1S/C27H29ClN4O4S/c1-2-11-29-27(34)19-9-10-25(23(13-19)30-37(35,36)22-6-3-5-21(28)14-22)31-15-18-12-20(17-31)24-7-4-8-26(33)32(24)16-18/h3-10,13-14,18,20,30H,2,11-12,15-17H2,1H3,(H,29,34)/t18-,20+/m1/s1. The quantitative estimate of drug-likeness (QED) is 0.470. The number of amides is 1. The van der Waals surface area contributed by atoms with Crippen LogP contribution in [0.3, 0.4) is 0 Å². The summed E-state index contributed by atoms with van der Waals surface area (Å²) in [6, 6.07) is 16.6. The third-order valence-electron chi connectivity index (χ3n) is 6.97. The summed E-state index contributed by atoms with van der Waals surface area (Å²) >= 11 is 6.05. The van der Waals surface area contributed by atoms with E-state index in [1.54, 1.807) is 42.5 Å². The Hall–Kier alpha value is -3.30. The van der Waals surface area contributed by atoms with Crippen LogP contribution in [0.1, 0.15) is 41.7 Å². The molecule has 0 aliphatic carbocycles. The van der Waals surface area contributed by atoms with E-state index >= 15 is 0 Å². The van der Waals surface area contributed by atoms with Gasteiger partial charge in [-0.15, -0.1) is 0 Å². The van der Waals surface area contributed by atoms with E-state index in [1.165, 1.54) is 12.1 Å². The molecule has 37 heavy (non-hydrogen) atoms. The number of hydrogen-bond acceptors (Lipinski definition) is 5. The zero-order chi connectivity index (χ0) is 26.2. The van der Waals surface area contributed by atoms with Gasteiger partial charge in [-0.25, -0.2) is 8.42 Å². The molecule has 3 aromatic rings. The molecule has 2 aliphatic rings. The first-order valence-corrected chi connectivity index (χ1v) is 14.3. The van der Waals surface area contributed by atoms with Crippen molar-refractivity contribution >= 4 is 38.9 Å². The minimum absolute atomic E-state index is 0.0121. The third kappa shape index (κ3) is 5.24. The van der Waals surface area contributed by atoms with Gasteiger partial charge in [0.05, 0.1) is 16.3 Å². The lowest BCUT2D eigenvalue weighted by molar-refractivity contribution is 0.0953. The molecule has 1 fully saturated rings. The number of hydrogen-bond donors (Lipinski definition) is 2. The monoisotopic (exact) mass is 540 g/mol. The van der Waals surface area contributed by atoms with Crippen LogP contribution in [0.4, 0.5) is 11.4 Å². The Kier molecular flexibility index (Phi) is 7.00. The molecule has 0 radical (unpaired) electrons. The van der Waals surface area contributed by atoms with Crippen LogP contribution < -0.4 is 20.5 Å². The zero-order valence-corrected chi connectivity index (χ0v) is 22.1. The van der Waals surface area contributed by atoms with E-state index in [2.05, 4.69) is 14.9 Å². The predicted molar refractivity (Wildman–Crippen MR) is 145 cm³/mol. The second kappa shape index (κ2) is 10.2. The molecule has 2 bridgehead atoms. The molecule has 2 aromatic carbocycles. The normalized spacial score (nSPS) is 18.7. The number of halogens is 1. The lowest BCUT2D eigenvalue weighted by Crippen LogP contribution is -2.47. The number of sulfonamides is 1. The first-order valence-electron chi connectivity index (χ1n) is 12.4. The Morgan fingerprint density at radius 1 is 1.05 bits per heavy atom. The van der Waals surface area contributed by atoms with Crippen LogP contribution in [0, 0.1) is 5.92 Å². The summed E-state index contributed by atoms with van der Waals surface area (Å²) in [5.41, 5.74) is 2.41. The van der Waals surface area contributed by atoms with Crippen LogP contribution in [0.5, 0.6) is 0 Å². The second-order valence-electron chi connectivity index (χ2n) is 9.65. The number of carbonyl (C=O) groups excluding carboxylic acids is 1. The summed E-state index contributed by atoms with van der Waals surface area (Å²) in [7, 11) is -3.97. The number of piperidine rings is 1. The maximum Gasteiger partial charge on any atom is 0.262 e. The van der Waals surface area contributed by atoms with Crippen LogP contribution in [0.2, 0.25) is 5.02 Å². The van der Waals surface area contributed by atoms with E-state index in [9.17, 15) is 18.0 Å². The van der Waals surface area contributed by atoms with E-state index in [4.69, 9.17) is 11.6 Å². The molecule has 10 heteroatoms. The van der Waals surface area contributed by atoms with E-state index in [-0.39, 0.29) is 28.2 Å². The maximum absolute atomic E-state index is 13.3. The number of nitrogens with one attached hydrogen (secondary N) is 2. The Morgan fingerprint density at radius 2 is 1.86 bits per heavy atom. The van der Waals surface area contributed by atoms with Crippen molar-refractivity contribution in [2.75, 3.05) is 29.3 Å². The fourth-order valence-corrected chi connectivity index (χ4v) is 6.67. The van der Waals surface area contributed by atoms with Gasteiger partial charge in [-0.1, -0.05) is 30.7 Å². The molecule has 2 aliphatic heterocycles. The molecule has 194 valence electrons. The van der Waals surface area contributed by atoms with Gasteiger partial charge < -0.3 is 14.8 Å². The number of pyridine rings is 1. The summed E-state index contributed by atoms with van der Waals surface area (Å²) in [6.07, 6.45) is 1.76. The SMILES string of the molecule is CCCNC(=O)c1ccc(N2C[C@H]3C[C@@H](C2)c2cccc(=O)n2C3)c(NS(=O)(=O)c2cccc(Cl)c2)c1. The smallest absolute Gasteiger partial charge is 0.262 e. The Balaban J connectivity index is 1.52. The molecule has 0 saturated carbocycles. The number of carbonyl (C=O) groups is 1. The van der Waals surface area contributed by atoms with Gasteiger partial charge in [-0.3, -0.25) is 14.3 Å². The van der Waals surface area contributed by atoms with Crippen molar-refractivity contribution in [2.24, 2.45) is 5.92 Å². The van der Waals surface area contributed by atoms with Gasteiger partial charge in [0.15, 0.2) is 0 Å². The third-order valence-corrected chi connectivity index (χ3v) is 8.56. The van der Waals surface area contributed by atoms with Crippen LogP contribution in [0.15, 0.2) is 70.4 Å². The Bertz CT molecular complexity index is 1500. The highest BCUT2D eigenvalue weighted by atomic mass is 35.5. The van der Waals surface area contributed by atoms with Crippen molar-refractivity contribution in [2.45, 2.75) is 37.1 Å². The molecule has 2 N–H and O–H groups in total. The molecule has 0 spiro atoms. The van der Waals surface area contributed by atoms with Crippen molar-refractivity contribution in [3.63, 3.8) is 0 Å². The lowest BCUT2D eigenvalue weighted by Gasteiger charge is -2.44. The topological polar surface area (TPSA) is 101 Å². The van der Waals surface area contributed by atoms with Gasteiger partial charge in [0.1, 0.15) is 0 Å². The van der Waals surface area contributed by atoms with Gasteiger partial charge in [0.2, 0.25) is 0 Å². The highest BCUT2D eigenvalue weighted by molar-refractivity contribution is 7.92. The lowest BCUT2D eigenvalue weighted by atomic mass is 9.83. The van der Waals surface area contributed by atoms with Gasteiger partial charge >= 0.3 is 0 Å². The van der Waals surface area contributed by atoms with E-state index in [1.807, 2.05) is 17.6 Å². The van der Waals surface area contributed by atoms with Crippen molar-refractivity contribution in [3.05, 3.63) is 87.3 Å². The fourth-order valence-electron chi connectivity index (χ4n) is 5.31. The van der Waals surface area contributed by atoms with Crippen LogP contribution in [-0.4, -0.2) is 38.5 Å². The fraction of sp³-hybridized carbons (Fsp3) is 0.333. The summed E-state index contributed by atoms with van der Waals surface area (Å²) in [6.45, 7) is 4.42. The average Bonchev–Trinajstić information content (AvgIpc) is 2.87. The summed E-state index contributed by atoms with van der Waals surface area (Å²) in [5.74, 6) is 0.128. The minimum atomic E-state index is -3.97. The maximum atomic E-state index is 13.3. The molecule has 0 unspecified atom stereocenters. The van der Waals surface area contributed by atoms with Gasteiger partial charge in [-0.05, 0) is 61.2 Å².